The predicted molar refractivity (Wildman–Crippen MR) is 118 cm³/mol. The Balaban J connectivity index is 1.48. The lowest BCUT2D eigenvalue weighted by Gasteiger charge is -2.35. The van der Waals surface area contributed by atoms with Crippen LogP contribution in [0, 0.1) is 0 Å². The van der Waals surface area contributed by atoms with Crippen molar-refractivity contribution >= 4 is 17.7 Å². The van der Waals surface area contributed by atoms with Crippen molar-refractivity contribution in [3.63, 3.8) is 0 Å². The Morgan fingerprint density at radius 2 is 1.77 bits per heavy atom. The number of hydrogen-bond acceptors (Lipinski definition) is 4. The fourth-order valence-corrected chi connectivity index (χ4v) is 5.33. The van der Waals surface area contributed by atoms with E-state index in [2.05, 4.69) is 28.1 Å². The number of amides is 3. The molecule has 0 spiro atoms. The van der Waals surface area contributed by atoms with Gasteiger partial charge in [0, 0.05) is 6.04 Å². The van der Waals surface area contributed by atoms with Gasteiger partial charge >= 0.3 is 0 Å². The van der Waals surface area contributed by atoms with E-state index in [0.717, 1.165) is 38.5 Å². The Kier molecular flexibility index (Phi) is 6.60. The van der Waals surface area contributed by atoms with Gasteiger partial charge in [-0.3, -0.25) is 14.4 Å². The van der Waals surface area contributed by atoms with Crippen LogP contribution in [0.25, 0.3) is 0 Å². The van der Waals surface area contributed by atoms with E-state index in [4.69, 9.17) is 0 Å². The van der Waals surface area contributed by atoms with E-state index in [1.807, 2.05) is 12.1 Å². The third-order valence-electron chi connectivity index (χ3n) is 7.23. The van der Waals surface area contributed by atoms with Gasteiger partial charge in [0.2, 0.25) is 17.7 Å². The first-order valence-corrected chi connectivity index (χ1v) is 11.7. The molecule has 3 amide bonds. The van der Waals surface area contributed by atoms with Crippen LogP contribution in [0.1, 0.15) is 69.0 Å². The van der Waals surface area contributed by atoms with Gasteiger partial charge in [0.15, 0.2) is 0 Å². The first-order chi connectivity index (χ1) is 15.0. The van der Waals surface area contributed by atoms with Crippen molar-refractivity contribution in [2.45, 2.75) is 88.5 Å². The number of fused-ring (bicyclic) bond motifs is 2. The Morgan fingerprint density at radius 3 is 2.58 bits per heavy atom. The number of aryl methyl sites for hydroxylation is 1. The first-order valence-electron chi connectivity index (χ1n) is 11.7. The van der Waals surface area contributed by atoms with Crippen LogP contribution in [-0.4, -0.2) is 53.8 Å². The number of rotatable bonds is 5. The fraction of sp³-hybridized carbons (Fsp3) is 0.625. The van der Waals surface area contributed by atoms with Gasteiger partial charge in [-0.15, -0.1) is 0 Å². The Morgan fingerprint density at radius 1 is 1.00 bits per heavy atom. The summed E-state index contributed by atoms with van der Waals surface area (Å²) in [5.41, 5.74) is 2.48. The highest BCUT2D eigenvalue weighted by Crippen LogP contribution is 2.34. The lowest BCUT2D eigenvalue weighted by Crippen LogP contribution is -2.58. The third-order valence-corrected chi connectivity index (χ3v) is 7.23. The summed E-state index contributed by atoms with van der Waals surface area (Å²) in [6.45, 7) is 1.77. The second kappa shape index (κ2) is 9.39. The molecule has 1 aliphatic carbocycles. The van der Waals surface area contributed by atoms with Crippen molar-refractivity contribution in [2.75, 3.05) is 7.05 Å². The summed E-state index contributed by atoms with van der Waals surface area (Å²) in [5.74, 6) is -0.349. The number of benzene rings is 1. The molecule has 7 nitrogen and oxygen atoms in total. The zero-order chi connectivity index (χ0) is 22.0. The summed E-state index contributed by atoms with van der Waals surface area (Å²) >= 11 is 0. The number of nitrogens with zero attached hydrogens (tertiary/aromatic N) is 1. The molecule has 2 fully saturated rings. The standard InChI is InChI=1S/C24H34N4O3/c1-15(25-2)22(29)27-20-10-6-4-8-17-12-14-21(28(17)24(20)31)23(30)26-19-13-11-16-7-3-5-9-18(16)19/h3,5,7,9,15,17,19-21,25H,4,6,8,10-14H2,1-2H3,(H,26,30)(H,27,29)/t15-,17-,19+,20-,21-/m0/s1. The van der Waals surface area contributed by atoms with Crippen molar-refractivity contribution in [3.05, 3.63) is 35.4 Å². The highest BCUT2D eigenvalue weighted by Gasteiger charge is 2.44. The molecule has 7 heteroatoms. The number of nitrogens with one attached hydrogen (secondary N) is 3. The molecule has 2 saturated heterocycles. The second-order valence-electron chi connectivity index (χ2n) is 9.15. The molecule has 0 aromatic heterocycles. The topological polar surface area (TPSA) is 90.5 Å². The Hall–Kier alpha value is -2.41. The summed E-state index contributed by atoms with van der Waals surface area (Å²) in [7, 11) is 1.72. The molecule has 2 heterocycles. The molecular weight excluding hydrogens is 392 g/mol. The summed E-state index contributed by atoms with van der Waals surface area (Å²) in [5, 5.41) is 9.06. The van der Waals surface area contributed by atoms with Crippen LogP contribution in [0.5, 0.6) is 0 Å². The first kappa shape index (κ1) is 21.8. The number of carbonyl (C=O) groups excluding carboxylic acids is 3. The molecule has 2 aliphatic heterocycles. The van der Waals surface area contributed by atoms with Gasteiger partial charge in [-0.05, 0) is 63.6 Å². The molecule has 0 radical (unpaired) electrons. The smallest absolute Gasteiger partial charge is 0.246 e. The molecule has 3 N–H and O–H groups in total. The van der Waals surface area contributed by atoms with Crippen LogP contribution in [0.3, 0.4) is 0 Å². The van der Waals surface area contributed by atoms with Crippen molar-refractivity contribution in [1.82, 2.24) is 20.9 Å². The van der Waals surface area contributed by atoms with Crippen molar-refractivity contribution in [2.24, 2.45) is 0 Å². The fourth-order valence-electron chi connectivity index (χ4n) is 5.33. The van der Waals surface area contributed by atoms with Gasteiger partial charge in [-0.2, -0.15) is 0 Å². The third kappa shape index (κ3) is 4.47. The van der Waals surface area contributed by atoms with Crippen LogP contribution >= 0.6 is 0 Å². The van der Waals surface area contributed by atoms with Crippen molar-refractivity contribution in [1.29, 1.82) is 0 Å². The van der Waals surface area contributed by atoms with Crippen molar-refractivity contribution in [3.8, 4) is 0 Å². The minimum absolute atomic E-state index is 0.0135. The molecule has 1 aromatic rings. The van der Waals surface area contributed by atoms with E-state index in [9.17, 15) is 14.4 Å². The van der Waals surface area contributed by atoms with Crippen LogP contribution in [0.15, 0.2) is 24.3 Å². The maximum Gasteiger partial charge on any atom is 0.246 e. The predicted octanol–water partition coefficient (Wildman–Crippen LogP) is 1.82. The van der Waals surface area contributed by atoms with Crippen LogP contribution in [-0.2, 0) is 20.8 Å². The van der Waals surface area contributed by atoms with E-state index >= 15 is 0 Å². The van der Waals surface area contributed by atoms with Gasteiger partial charge in [-0.25, -0.2) is 0 Å². The monoisotopic (exact) mass is 426 g/mol. The largest absolute Gasteiger partial charge is 0.347 e. The van der Waals surface area contributed by atoms with E-state index in [1.54, 1.807) is 18.9 Å². The van der Waals surface area contributed by atoms with Gasteiger partial charge in [0.25, 0.3) is 0 Å². The zero-order valence-electron chi connectivity index (χ0n) is 18.5. The highest BCUT2D eigenvalue weighted by atomic mass is 16.2. The molecule has 4 rings (SSSR count). The summed E-state index contributed by atoms with van der Waals surface area (Å²) in [6.07, 6.45) is 6.86. The van der Waals surface area contributed by atoms with Crippen molar-refractivity contribution < 1.29 is 14.4 Å². The van der Waals surface area contributed by atoms with Gasteiger partial charge in [-0.1, -0.05) is 37.1 Å². The molecule has 31 heavy (non-hydrogen) atoms. The van der Waals surface area contributed by atoms with Gasteiger partial charge in [0.05, 0.1) is 12.1 Å². The van der Waals surface area contributed by atoms with Crippen LogP contribution < -0.4 is 16.0 Å². The average Bonchev–Trinajstić information content (AvgIpc) is 3.38. The number of hydrogen-bond donors (Lipinski definition) is 3. The molecule has 1 aromatic carbocycles. The summed E-state index contributed by atoms with van der Waals surface area (Å²) in [6, 6.07) is 6.96. The molecule has 0 unspecified atom stereocenters. The van der Waals surface area contributed by atoms with Gasteiger partial charge in [0.1, 0.15) is 12.1 Å². The van der Waals surface area contributed by atoms with Gasteiger partial charge < -0.3 is 20.9 Å². The molecule has 3 aliphatic rings. The molecule has 0 bridgehead atoms. The Bertz CT molecular complexity index is 842. The van der Waals surface area contributed by atoms with Crippen LogP contribution in [0.2, 0.25) is 0 Å². The normalized spacial score (nSPS) is 28.8. The van der Waals surface area contributed by atoms with E-state index in [0.29, 0.717) is 12.8 Å². The number of likely N-dealkylation sites (N-methyl/N-ethyl adjacent to an activating group) is 1. The Labute approximate surface area is 184 Å². The van der Waals surface area contributed by atoms with E-state index in [1.165, 1.54) is 11.1 Å². The maximum atomic E-state index is 13.5. The molecule has 5 atom stereocenters. The lowest BCUT2D eigenvalue weighted by atomic mass is 9.98. The minimum atomic E-state index is -0.563. The summed E-state index contributed by atoms with van der Waals surface area (Å²) in [4.78, 5) is 41.0. The van der Waals surface area contributed by atoms with E-state index < -0.39 is 12.1 Å². The van der Waals surface area contributed by atoms with Crippen LogP contribution in [0.4, 0.5) is 0 Å². The maximum absolute atomic E-state index is 13.5. The SMILES string of the molecule is CN[C@@H](C)C(=O)N[C@H]1CCCC[C@H]2CC[C@@H](C(=O)N[C@@H]3CCc4ccccc43)N2C1=O. The lowest BCUT2D eigenvalue weighted by molar-refractivity contribution is -0.144. The average molecular weight is 427 g/mol. The zero-order valence-corrected chi connectivity index (χ0v) is 18.5. The molecule has 0 saturated carbocycles. The molecular formula is C24H34N4O3. The quantitative estimate of drug-likeness (QED) is 0.670. The summed E-state index contributed by atoms with van der Waals surface area (Å²) < 4.78 is 0. The number of carbonyl (C=O) groups is 3. The van der Waals surface area contributed by atoms with E-state index in [-0.39, 0.29) is 35.8 Å². The molecule has 168 valence electrons. The second-order valence-corrected chi connectivity index (χ2v) is 9.15. The highest BCUT2D eigenvalue weighted by molar-refractivity contribution is 5.93. The minimum Gasteiger partial charge on any atom is -0.347 e.